The summed E-state index contributed by atoms with van der Waals surface area (Å²) in [5.41, 5.74) is 1.40. The molecule has 0 aliphatic heterocycles. The molecule has 19 heavy (non-hydrogen) atoms. The van der Waals surface area contributed by atoms with Crippen molar-refractivity contribution in [2.45, 2.75) is 13.8 Å². The van der Waals surface area contributed by atoms with E-state index in [1.807, 2.05) is 13.8 Å². The van der Waals surface area contributed by atoms with Crippen LogP contribution in [0.2, 0.25) is 0 Å². The lowest BCUT2D eigenvalue weighted by Crippen LogP contribution is -2.04. The number of imidazole rings is 1. The highest BCUT2D eigenvalue weighted by Crippen LogP contribution is 2.24. The average Bonchev–Trinajstić information content (AvgIpc) is 2.69. The summed E-state index contributed by atoms with van der Waals surface area (Å²) in [6.45, 7) is 3.66. The molecule has 7 heteroatoms. The summed E-state index contributed by atoms with van der Waals surface area (Å²) in [6, 6.07) is 3.98. The Labute approximate surface area is 108 Å². The SMILES string of the molecule is Cc1ncn(-c2ccc(C(=O)O)c([N+](=O)[O-])c2)c1C. The van der Waals surface area contributed by atoms with E-state index in [-0.39, 0.29) is 5.56 Å². The third-order valence-electron chi connectivity index (χ3n) is 2.94. The molecule has 2 aromatic rings. The van der Waals surface area contributed by atoms with Crippen LogP contribution in [0.1, 0.15) is 21.7 Å². The minimum atomic E-state index is -1.32. The molecule has 0 saturated carbocycles. The largest absolute Gasteiger partial charge is 0.477 e. The molecule has 0 aliphatic carbocycles. The number of hydrogen-bond donors (Lipinski definition) is 1. The van der Waals surface area contributed by atoms with Gasteiger partial charge in [0.25, 0.3) is 5.69 Å². The van der Waals surface area contributed by atoms with Crippen LogP contribution in [0.3, 0.4) is 0 Å². The monoisotopic (exact) mass is 261 g/mol. The van der Waals surface area contributed by atoms with Gasteiger partial charge in [-0.2, -0.15) is 0 Å². The lowest BCUT2D eigenvalue weighted by molar-refractivity contribution is -0.385. The number of aromatic nitrogens is 2. The fourth-order valence-electron chi connectivity index (χ4n) is 1.76. The molecule has 0 aliphatic rings. The van der Waals surface area contributed by atoms with Gasteiger partial charge in [0.2, 0.25) is 0 Å². The summed E-state index contributed by atoms with van der Waals surface area (Å²) in [5, 5.41) is 19.8. The molecule has 0 unspecified atom stereocenters. The summed E-state index contributed by atoms with van der Waals surface area (Å²) < 4.78 is 1.67. The van der Waals surface area contributed by atoms with Crippen molar-refractivity contribution in [3.63, 3.8) is 0 Å². The van der Waals surface area contributed by atoms with Crippen molar-refractivity contribution in [3.8, 4) is 5.69 Å². The minimum Gasteiger partial charge on any atom is -0.477 e. The fraction of sp³-hybridized carbons (Fsp3) is 0.167. The van der Waals surface area contributed by atoms with E-state index >= 15 is 0 Å². The zero-order chi connectivity index (χ0) is 14.2. The van der Waals surface area contributed by atoms with Gasteiger partial charge < -0.3 is 9.67 Å². The molecule has 1 aromatic heterocycles. The maximum Gasteiger partial charge on any atom is 0.342 e. The second kappa shape index (κ2) is 4.52. The van der Waals surface area contributed by atoms with E-state index in [0.29, 0.717) is 5.69 Å². The number of carboxylic acids is 1. The maximum atomic E-state index is 10.9. The number of carboxylic acid groups (broad SMARTS) is 1. The van der Waals surface area contributed by atoms with Crippen molar-refractivity contribution in [3.05, 3.63) is 51.6 Å². The normalized spacial score (nSPS) is 10.4. The van der Waals surface area contributed by atoms with E-state index in [0.717, 1.165) is 11.4 Å². The topological polar surface area (TPSA) is 98.3 Å². The third-order valence-corrected chi connectivity index (χ3v) is 2.94. The van der Waals surface area contributed by atoms with Gasteiger partial charge in [-0.25, -0.2) is 9.78 Å². The molecular weight excluding hydrogens is 250 g/mol. The van der Waals surface area contributed by atoms with Crippen molar-refractivity contribution in [2.24, 2.45) is 0 Å². The summed E-state index contributed by atoms with van der Waals surface area (Å²) in [6.07, 6.45) is 1.55. The predicted molar refractivity (Wildman–Crippen MR) is 66.7 cm³/mol. The van der Waals surface area contributed by atoms with Gasteiger partial charge in [-0.15, -0.1) is 0 Å². The summed E-state index contributed by atoms with van der Waals surface area (Å²) >= 11 is 0. The van der Waals surface area contributed by atoms with Gasteiger partial charge in [-0.05, 0) is 26.0 Å². The Hall–Kier alpha value is -2.70. The molecular formula is C12H11N3O4. The second-order valence-electron chi connectivity index (χ2n) is 4.05. The van der Waals surface area contributed by atoms with Gasteiger partial charge in [0.1, 0.15) is 5.56 Å². The van der Waals surface area contributed by atoms with E-state index in [1.165, 1.54) is 18.2 Å². The van der Waals surface area contributed by atoms with Crippen LogP contribution in [-0.2, 0) is 0 Å². The van der Waals surface area contributed by atoms with E-state index in [9.17, 15) is 14.9 Å². The molecule has 1 aromatic carbocycles. The molecule has 0 amide bonds. The van der Waals surface area contributed by atoms with E-state index in [2.05, 4.69) is 4.98 Å². The van der Waals surface area contributed by atoms with Crippen molar-refractivity contribution in [2.75, 3.05) is 0 Å². The molecule has 1 N–H and O–H groups in total. The fourth-order valence-corrected chi connectivity index (χ4v) is 1.76. The molecule has 1 heterocycles. The number of nitro groups is 1. The van der Waals surface area contributed by atoms with Crippen LogP contribution >= 0.6 is 0 Å². The highest BCUT2D eigenvalue weighted by atomic mass is 16.6. The first-order chi connectivity index (χ1) is 8.91. The van der Waals surface area contributed by atoms with Crippen molar-refractivity contribution in [1.29, 1.82) is 0 Å². The molecule has 0 bridgehead atoms. The number of aryl methyl sites for hydroxylation is 1. The number of benzene rings is 1. The second-order valence-corrected chi connectivity index (χ2v) is 4.05. The Balaban J connectivity index is 2.62. The van der Waals surface area contributed by atoms with Crippen LogP contribution in [-0.4, -0.2) is 25.6 Å². The third kappa shape index (κ3) is 2.17. The number of carbonyl (C=O) groups is 1. The molecule has 2 rings (SSSR count). The number of nitrogens with zero attached hydrogens (tertiary/aromatic N) is 3. The molecule has 0 spiro atoms. The van der Waals surface area contributed by atoms with Gasteiger partial charge in [0.15, 0.2) is 0 Å². The van der Waals surface area contributed by atoms with Gasteiger partial charge in [-0.3, -0.25) is 10.1 Å². The highest BCUT2D eigenvalue weighted by molar-refractivity contribution is 5.92. The predicted octanol–water partition coefficient (Wildman–Crippen LogP) is 2.10. The quantitative estimate of drug-likeness (QED) is 0.673. The first-order valence-corrected chi connectivity index (χ1v) is 5.44. The van der Waals surface area contributed by atoms with Gasteiger partial charge in [0, 0.05) is 11.8 Å². The zero-order valence-electron chi connectivity index (χ0n) is 10.3. The lowest BCUT2D eigenvalue weighted by atomic mass is 10.1. The minimum absolute atomic E-state index is 0.330. The Morgan fingerprint density at radius 3 is 2.58 bits per heavy atom. The molecule has 0 saturated heterocycles. The van der Waals surface area contributed by atoms with Crippen LogP contribution in [0.25, 0.3) is 5.69 Å². The standard InChI is InChI=1S/C12H11N3O4/c1-7-8(2)14(6-13-7)9-3-4-10(12(16)17)11(5-9)15(18)19/h3-6H,1-2H3,(H,16,17). The van der Waals surface area contributed by atoms with Gasteiger partial charge >= 0.3 is 5.97 Å². The Kier molecular flexibility index (Phi) is 3.04. The van der Waals surface area contributed by atoms with Crippen LogP contribution in [0.15, 0.2) is 24.5 Å². The summed E-state index contributed by atoms with van der Waals surface area (Å²) in [7, 11) is 0. The average molecular weight is 261 g/mol. The zero-order valence-corrected chi connectivity index (χ0v) is 10.3. The molecule has 98 valence electrons. The molecule has 0 atom stereocenters. The molecule has 0 radical (unpaired) electrons. The Bertz CT molecular complexity index is 676. The van der Waals surface area contributed by atoms with E-state index < -0.39 is 16.6 Å². The van der Waals surface area contributed by atoms with Crippen LogP contribution in [0.5, 0.6) is 0 Å². The Morgan fingerprint density at radius 1 is 1.42 bits per heavy atom. The smallest absolute Gasteiger partial charge is 0.342 e. The van der Waals surface area contributed by atoms with E-state index in [4.69, 9.17) is 5.11 Å². The van der Waals surface area contributed by atoms with Crippen LogP contribution < -0.4 is 0 Å². The van der Waals surface area contributed by atoms with Crippen LogP contribution in [0, 0.1) is 24.0 Å². The maximum absolute atomic E-state index is 10.9. The van der Waals surface area contributed by atoms with Gasteiger partial charge in [-0.1, -0.05) is 0 Å². The summed E-state index contributed by atoms with van der Waals surface area (Å²) in [4.78, 5) is 25.2. The first kappa shape index (κ1) is 12.7. The number of rotatable bonds is 3. The van der Waals surface area contributed by atoms with Crippen molar-refractivity contribution >= 4 is 11.7 Å². The Morgan fingerprint density at radius 2 is 2.11 bits per heavy atom. The number of hydrogen-bond acceptors (Lipinski definition) is 4. The van der Waals surface area contributed by atoms with Crippen molar-refractivity contribution in [1.82, 2.24) is 9.55 Å². The molecule has 0 fully saturated rings. The van der Waals surface area contributed by atoms with Crippen molar-refractivity contribution < 1.29 is 14.8 Å². The first-order valence-electron chi connectivity index (χ1n) is 5.44. The van der Waals surface area contributed by atoms with Gasteiger partial charge in [0.05, 0.1) is 22.6 Å². The molecule has 7 nitrogen and oxygen atoms in total. The number of aromatic carboxylic acids is 1. The lowest BCUT2D eigenvalue weighted by Gasteiger charge is -2.06. The van der Waals surface area contributed by atoms with E-state index in [1.54, 1.807) is 10.9 Å². The number of nitro benzene ring substituents is 1. The summed E-state index contributed by atoms with van der Waals surface area (Å²) in [5.74, 6) is -1.32. The van der Waals surface area contributed by atoms with Crippen LogP contribution in [0.4, 0.5) is 5.69 Å². The highest BCUT2D eigenvalue weighted by Gasteiger charge is 2.20.